The van der Waals surface area contributed by atoms with E-state index in [1.165, 1.54) is 7.11 Å². The van der Waals surface area contributed by atoms with Crippen LogP contribution in [0.15, 0.2) is 24.3 Å². The highest BCUT2D eigenvalue weighted by atomic mass is 16.5. The van der Waals surface area contributed by atoms with Crippen molar-refractivity contribution in [3.63, 3.8) is 0 Å². The normalized spacial score (nSPS) is 11.9. The van der Waals surface area contributed by atoms with Gasteiger partial charge in [-0.3, -0.25) is 0 Å². The molecule has 0 aliphatic heterocycles. The summed E-state index contributed by atoms with van der Waals surface area (Å²) in [4.78, 5) is 11.3. The number of esters is 1. The van der Waals surface area contributed by atoms with Crippen LogP contribution in [0, 0.1) is 0 Å². The highest BCUT2D eigenvalue weighted by Crippen LogP contribution is 2.12. The van der Waals surface area contributed by atoms with Crippen LogP contribution in [0.3, 0.4) is 0 Å². The Hall–Kier alpha value is -1.55. The van der Waals surface area contributed by atoms with Crippen molar-refractivity contribution in [3.8, 4) is 0 Å². The van der Waals surface area contributed by atoms with Crippen molar-refractivity contribution in [1.82, 2.24) is 0 Å². The zero-order valence-corrected chi connectivity index (χ0v) is 9.82. The van der Waals surface area contributed by atoms with Crippen LogP contribution in [0.1, 0.15) is 17.3 Å². The number of benzene rings is 1. The van der Waals surface area contributed by atoms with Gasteiger partial charge >= 0.3 is 5.97 Å². The zero-order chi connectivity index (χ0) is 12.0. The van der Waals surface area contributed by atoms with Gasteiger partial charge < -0.3 is 14.8 Å². The molecule has 4 nitrogen and oxygen atoms in total. The fourth-order valence-electron chi connectivity index (χ4n) is 1.43. The highest BCUT2D eigenvalue weighted by Gasteiger charge is 2.06. The summed E-state index contributed by atoms with van der Waals surface area (Å²) in [6.07, 6.45) is 0. The second kappa shape index (κ2) is 6.12. The molecule has 1 atom stereocenters. The minimum Gasteiger partial charge on any atom is -0.465 e. The van der Waals surface area contributed by atoms with Gasteiger partial charge in [-0.2, -0.15) is 0 Å². The number of ether oxygens (including phenoxy) is 2. The number of anilines is 1. The number of hydrogen-bond donors (Lipinski definition) is 1. The predicted octanol–water partition coefficient (Wildman–Crippen LogP) is 1.92. The number of nitrogens with one attached hydrogen (secondary N) is 1. The molecule has 0 amide bonds. The topological polar surface area (TPSA) is 47.6 Å². The van der Waals surface area contributed by atoms with Crippen LogP contribution in [0.4, 0.5) is 5.69 Å². The molecule has 4 heteroatoms. The minimum atomic E-state index is -0.331. The molecule has 88 valence electrons. The standard InChI is InChI=1S/C12H17NO3/c1-9(8-15-2)13-11-6-4-5-10(7-11)12(14)16-3/h4-7,9,13H,8H2,1-3H3. The molecule has 0 aromatic heterocycles. The zero-order valence-electron chi connectivity index (χ0n) is 9.82. The van der Waals surface area contributed by atoms with E-state index in [0.29, 0.717) is 12.2 Å². The van der Waals surface area contributed by atoms with Gasteiger partial charge in [0.15, 0.2) is 0 Å². The van der Waals surface area contributed by atoms with Crippen LogP contribution in [0.25, 0.3) is 0 Å². The van der Waals surface area contributed by atoms with E-state index in [9.17, 15) is 4.79 Å². The first-order valence-electron chi connectivity index (χ1n) is 5.11. The second-order valence-corrected chi connectivity index (χ2v) is 3.57. The average molecular weight is 223 g/mol. The molecule has 1 N–H and O–H groups in total. The third kappa shape index (κ3) is 3.55. The fourth-order valence-corrected chi connectivity index (χ4v) is 1.43. The monoisotopic (exact) mass is 223 g/mol. The molecule has 0 aliphatic carbocycles. The molecule has 0 radical (unpaired) electrons. The van der Waals surface area contributed by atoms with Crippen LogP contribution in [0.2, 0.25) is 0 Å². The summed E-state index contributed by atoms with van der Waals surface area (Å²) in [7, 11) is 3.03. The minimum absolute atomic E-state index is 0.192. The van der Waals surface area contributed by atoms with Crippen LogP contribution in [0.5, 0.6) is 0 Å². The van der Waals surface area contributed by atoms with Crippen molar-refractivity contribution < 1.29 is 14.3 Å². The fraction of sp³-hybridized carbons (Fsp3) is 0.417. The van der Waals surface area contributed by atoms with E-state index in [1.54, 1.807) is 19.2 Å². The van der Waals surface area contributed by atoms with E-state index < -0.39 is 0 Å². The van der Waals surface area contributed by atoms with E-state index in [2.05, 4.69) is 10.1 Å². The largest absolute Gasteiger partial charge is 0.465 e. The number of carbonyl (C=O) groups excluding carboxylic acids is 1. The van der Waals surface area contributed by atoms with Crippen molar-refractivity contribution in [2.75, 3.05) is 26.1 Å². The van der Waals surface area contributed by atoms with Gasteiger partial charge in [-0.15, -0.1) is 0 Å². The van der Waals surface area contributed by atoms with Crippen molar-refractivity contribution in [3.05, 3.63) is 29.8 Å². The van der Waals surface area contributed by atoms with Gasteiger partial charge in [-0.25, -0.2) is 4.79 Å². The molecule has 16 heavy (non-hydrogen) atoms. The quantitative estimate of drug-likeness (QED) is 0.775. The number of carbonyl (C=O) groups is 1. The van der Waals surface area contributed by atoms with Gasteiger partial charge in [0, 0.05) is 18.8 Å². The molecule has 0 fully saturated rings. The molecule has 0 saturated carbocycles. The summed E-state index contributed by atoms with van der Waals surface area (Å²) < 4.78 is 9.67. The van der Waals surface area contributed by atoms with Crippen LogP contribution in [-0.4, -0.2) is 32.8 Å². The molecule has 0 saturated heterocycles. The summed E-state index contributed by atoms with van der Waals surface area (Å²) in [5.74, 6) is -0.331. The molecule has 1 unspecified atom stereocenters. The Bertz CT molecular complexity index is 352. The van der Waals surface area contributed by atoms with Crippen molar-refractivity contribution in [2.45, 2.75) is 13.0 Å². The molecule has 0 spiro atoms. The van der Waals surface area contributed by atoms with E-state index in [4.69, 9.17) is 4.74 Å². The Balaban J connectivity index is 2.70. The average Bonchev–Trinajstić information content (AvgIpc) is 2.28. The molecule has 0 bridgehead atoms. The third-order valence-corrected chi connectivity index (χ3v) is 2.11. The summed E-state index contributed by atoms with van der Waals surface area (Å²) in [5, 5.41) is 3.23. The van der Waals surface area contributed by atoms with Crippen molar-refractivity contribution >= 4 is 11.7 Å². The molecular formula is C12H17NO3. The van der Waals surface area contributed by atoms with Crippen LogP contribution in [-0.2, 0) is 9.47 Å². The Kier molecular flexibility index (Phi) is 4.79. The van der Waals surface area contributed by atoms with Crippen molar-refractivity contribution in [2.24, 2.45) is 0 Å². The molecule has 1 aromatic rings. The van der Waals surface area contributed by atoms with Gasteiger partial charge in [-0.05, 0) is 25.1 Å². The Morgan fingerprint density at radius 2 is 2.19 bits per heavy atom. The first-order chi connectivity index (χ1) is 7.67. The van der Waals surface area contributed by atoms with Gasteiger partial charge in [-0.1, -0.05) is 6.07 Å². The van der Waals surface area contributed by atoms with Gasteiger partial charge in [0.25, 0.3) is 0 Å². The van der Waals surface area contributed by atoms with E-state index in [-0.39, 0.29) is 12.0 Å². The van der Waals surface area contributed by atoms with E-state index in [1.807, 2.05) is 19.1 Å². The summed E-state index contributed by atoms with van der Waals surface area (Å²) in [6, 6.07) is 7.39. The maximum atomic E-state index is 11.3. The maximum Gasteiger partial charge on any atom is 0.337 e. The van der Waals surface area contributed by atoms with E-state index >= 15 is 0 Å². The van der Waals surface area contributed by atoms with Crippen LogP contribution >= 0.6 is 0 Å². The van der Waals surface area contributed by atoms with Crippen molar-refractivity contribution in [1.29, 1.82) is 0 Å². The molecule has 0 aliphatic rings. The summed E-state index contributed by atoms with van der Waals surface area (Å²) in [5.41, 5.74) is 1.42. The number of methoxy groups -OCH3 is 2. The maximum absolute atomic E-state index is 11.3. The lowest BCUT2D eigenvalue weighted by Gasteiger charge is -2.14. The number of rotatable bonds is 5. The summed E-state index contributed by atoms with van der Waals surface area (Å²) in [6.45, 7) is 2.62. The number of hydrogen-bond acceptors (Lipinski definition) is 4. The molecule has 1 rings (SSSR count). The Morgan fingerprint density at radius 3 is 2.81 bits per heavy atom. The van der Waals surface area contributed by atoms with Gasteiger partial charge in [0.1, 0.15) is 0 Å². The van der Waals surface area contributed by atoms with E-state index in [0.717, 1.165) is 5.69 Å². The molecule has 0 heterocycles. The molecular weight excluding hydrogens is 206 g/mol. The van der Waals surface area contributed by atoms with Gasteiger partial charge in [0.2, 0.25) is 0 Å². The predicted molar refractivity (Wildman–Crippen MR) is 62.7 cm³/mol. The smallest absolute Gasteiger partial charge is 0.337 e. The third-order valence-electron chi connectivity index (χ3n) is 2.11. The lowest BCUT2D eigenvalue weighted by molar-refractivity contribution is 0.0601. The second-order valence-electron chi connectivity index (χ2n) is 3.57. The van der Waals surface area contributed by atoms with Crippen LogP contribution < -0.4 is 5.32 Å². The Labute approximate surface area is 95.6 Å². The lowest BCUT2D eigenvalue weighted by Crippen LogP contribution is -2.20. The first-order valence-corrected chi connectivity index (χ1v) is 5.11. The highest BCUT2D eigenvalue weighted by molar-refractivity contribution is 5.90. The molecule has 1 aromatic carbocycles. The SMILES string of the molecule is COCC(C)Nc1cccc(C(=O)OC)c1. The first kappa shape index (κ1) is 12.5. The Morgan fingerprint density at radius 1 is 1.44 bits per heavy atom. The lowest BCUT2D eigenvalue weighted by atomic mass is 10.2. The van der Waals surface area contributed by atoms with Gasteiger partial charge in [0.05, 0.1) is 19.3 Å². The summed E-state index contributed by atoms with van der Waals surface area (Å²) >= 11 is 0.